The van der Waals surface area contributed by atoms with E-state index >= 15 is 0 Å². The van der Waals surface area contributed by atoms with Gasteiger partial charge in [0.1, 0.15) is 0 Å². The van der Waals surface area contributed by atoms with E-state index in [-0.39, 0.29) is 0 Å². The van der Waals surface area contributed by atoms with Gasteiger partial charge < -0.3 is 11.5 Å². The molecule has 0 atom stereocenters. The Morgan fingerprint density at radius 2 is 1.75 bits per heavy atom. The number of carbonyl (C=O) groups excluding carboxylic acids is 1. The van der Waals surface area contributed by atoms with E-state index in [4.69, 9.17) is 11.5 Å². The molecule has 80 valence electrons. The lowest BCUT2D eigenvalue weighted by molar-refractivity contribution is -0.113. The molecule has 2 aromatic rings. The normalized spacial score (nSPS) is 11.0. The Balaban J connectivity index is 2.63. The summed E-state index contributed by atoms with van der Waals surface area (Å²) in [4.78, 5) is 10.7. The van der Waals surface area contributed by atoms with Crippen LogP contribution in [0.3, 0.4) is 0 Å². The molecule has 1 amide bonds. The number of hydrogen-bond donors (Lipinski definition) is 2. The highest BCUT2D eigenvalue weighted by molar-refractivity contribution is 6.00. The molecule has 0 saturated heterocycles. The van der Waals surface area contributed by atoms with E-state index in [0.29, 0.717) is 0 Å². The van der Waals surface area contributed by atoms with Crippen LogP contribution < -0.4 is 11.5 Å². The molecule has 0 radical (unpaired) electrons. The fraction of sp³-hybridized carbons (Fsp3) is 0. The third kappa shape index (κ3) is 1.88. The first-order chi connectivity index (χ1) is 7.68. The number of nitrogen functional groups attached to an aromatic ring is 1. The van der Waals surface area contributed by atoms with Gasteiger partial charge in [-0.2, -0.15) is 0 Å². The van der Waals surface area contributed by atoms with Crippen molar-refractivity contribution in [2.45, 2.75) is 0 Å². The highest BCUT2D eigenvalue weighted by Crippen LogP contribution is 2.25. The fourth-order valence-electron chi connectivity index (χ4n) is 1.66. The molecule has 0 saturated carbocycles. The number of amides is 1. The van der Waals surface area contributed by atoms with Crippen LogP contribution in [0.1, 0.15) is 5.56 Å². The molecular formula is C13H12N2O. The Hall–Kier alpha value is -2.29. The van der Waals surface area contributed by atoms with Gasteiger partial charge in [-0.25, -0.2) is 0 Å². The van der Waals surface area contributed by atoms with Crippen molar-refractivity contribution in [2.75, 3.05) is 5.73 Å². The van der Waals surface area contributed by atoms with Crippen LogP contribution in [-0.4, -0.2) is 5.91 Å². The lowest BCUT2D eigenvalue weighted by Gasteiger charge is -2.04. The van der Waals surface area contributed by atoms with Crippen molar-refractivity contribution in [3.05, 3.63) is 48.0 Å². The maximum Gasteiger partial charge on any atom is 0.241 e. The maximum atomic E-state index is 10.7. The van der Waals surface area contributed by atoms with Gasteiger partial charge in [0.25, 0.3) is 0 Å². The van der Waals surface area contributed by atoms with Crippen LogP contribution >= 0.6 is 0 Å². The van der Waals surface area contributed by atoms with Crippen LogP contribution in [-0.2, 0) is 4.79 Å². The molecule has 0 unspecified atom stereocenters. The van der Waals surface area contributed by atoms with Gasteiger partial charge in [-0.1, -0.05) is 30.3 Å². The van der Waals surface area contributed by atoms with Crippen LogP contribution in [0, 0.1) is 0 Å². The predicted molar refractivity (Wildman–Crippen MR) is 66.6 cm³/mol. The molecule has 4 N–H and O–H groups in total. The van der Waals surface area contributed by atoms with Crippen molar-refractivity contribution < 1.29 is 4.79 Å². The number of primary amides is 1. The minimum Gasteiger partial charge on any atom is -0.398 e. The largest absolute Gasteiger partial charge is 0.398 e. The van der Waals surface area contributed by atoms with Gasteiger partial charge in [0, 0.05) is 17.1 Å². The highest BCUT2D eigenvalue weighted by atomic mass is 16.1. The zero-order chi connectivity index (χ0) is 11.5. The third-order valence-electron chi connectivity index (χ3n) is 2.42. The molecule has 16 heavy (non-hydrogen) atoms. The summed E-state index contributed by atoms with van der Waals surface area (Å²) in [7, 11) is 0. The van der Waals surface area contributed by atoms with Crippen LogP contribution in [0.15, 0.2) is 42.5 Å². The van der Waals surface area contributed by atoms with Crippen molar-refractivity contribution in [3.8, 4) is 0 Å². The molecular weight excluding hydrogens is 200 g/mol. The average molecular weight is 212 g/mol. The summed E-state index contributed by atoms with van der Waals surface area (Å²) >= 11 is 0. The molecule has 0 aromatic heterocycles. The zero-order valence-electron chi connectivity index (χ0n) is 8.68. The fourth-order valence-corrected chi connectivity index (χ4v) is 1.66. The number of benzene rings is 2. The summed E-state index contributed by atoms with van der Waals surface area (Å²) in [5, 5.41) is 1.99. The van der Waals surface area contributed by atoms with E-state index in [1.165, 1.54) is 6.08 Å². The zero-order valence-corrected chi connectivity index (χ0v) is 8.68. The summed E-state index contributed by atoms with van der Waals surface area (Å²) in [6, 6.07) is 11.5. The topological polar surface area (TPSA) is 69.1 Å². The highest BCUT2D eigenvalue weighted by Gasteiger charge is 2.00. The lowest BCUT2D eigenvalue weighted by atomic mass is 10.0. The van der Waals surface area contributed by atoms with E-state index in [1.54, 1.807) is 6.08 Å². The van der Waals surface area contributed by atoms with Gasteiger partial charge in [0.2, 0.25) is 5.91 Å². The number of carbonyl (C=O) groups is 1. The molecule has 2 aromatic carbocycles. The van der Waals surface area contributed by atoms with Gasteiger partial charge in [0.15, 0.2) is 0 Å². The van der Waals surface area contributed by atoms with Gasteiger partial charge in [-0.3, -0.25) is 4.79 Å². The molecule has 0 aliphatic heterocycles. The number of hydrogen-bond acceptors (Lipinski definition) is 2. The Morgan fingerprint density at radius 3 is 2.44 bits per heavy atom. The smallest absolute Gasteiger partial charge is 0.241 e. The number of rotatable bonds is 2. The van der Waals surface area contributed by atoms with Gasteiger partial charge in [-0.05, 0) is 23.1 Å². The van der Waals surface area contributed by atoms with E-state index in [1.807, 2.05) is 36.4 Å². The average Bonchev–Trinajstić information content (AvgIpc) is 2.28. The monoisotopic (exact) mass is 212 g/mol. The standard InChI is InChI=1S/C13H12N2O/c14-12-7-5-9(6-8-13(15)16)10-3-1-2-4-11(10)12/h1-8H,14H2,(H2,15,16). The minimum absolute atomic E-state index is 0.457. The minimum atomic E-state index is -0.457. The van der Waals surface area contributed by atoms with Gasteiger partial charge >= 0.3 is 0 Å². The van der Waals surface area contributed by atoms with E-state index < -0.39 is 5.91 Å². The summed E-state index contributed by atoms with van der Waals surface area (Å²) in [6.07, 6.45) is 3.04. The second-order valence-electron chi connectivity index (χ2n) is 3.53. The first kappa shape index (κ1) is 10.2. The molecule has 2 rings (SSSR count). The summed E-state index contributed by atoms with van der Waals surface area (Å²) in [6.45, 7) is 0. The van der Waals surface area contributed by atoms with Crippen molar-refractivity contribution in [1.29, 1.82) is 0 Å². The summed E-state index contributed by atoms with van der Waals surface area (Å²) in [5.41, 5.74) is 12.6. The van der Waals surface area contributed by atoms with E-state index in [0.717, 1.165) is 22.0 Å². The SMILES string of the molecule is NC(=O)C=Cc1ccc(N)c2ccccc12. The Morgan fingerprint density at radius 1 is 1.06 bits per heavy atom. The molecule has 0 bridgehead atoms. The van der Waals surface area contributed by atoms with Crippen LogP contribution in [0.25, 0.3) is 16.8 Å². The van der Waals surface area contributed by atoms with Crippen molar-refractivity contribution in [3.63, 3.8) is 0 Å². The molecule has 0 heterocycles. The number of fused-ring (bicyclic) bond motifs is 1. The van der Waals surface area contributed by atoms with Crippen molar-refractivity contribution >= 4 is 28.4 Å². The molecule has 3 nitrogen and oxygen atoms in total. The second-order valence-corrected chi connectivity index (χ2v) is 3.53. The third-order valence-corrected chi connectivity index (χ3v) is 2.42. The predicted octanol–water partition coefficient (Wildman–Crippen LogP) is 1.92. The molecule has 0 aliphatic rings. The van der Waals surface area contributed by atoms with Crippen LogP contribution in [0.4, 0.5) is 5.69 Å². The number of anilines is 1. The maximum absolute atomic E-state index is 10.7. The molecule has 0 aliphatic carbocycles. The second kappa shape index (κ2) is 4.06. The van der Waals surface area contributed by atoms with Crippen LogP contribution in [0.2, 0.25) is 0 Å². The quantitative estimate of drug-likeness (QED) is 0.589. The molecule has 0 spiro atoms. The van der Waals surface area contributed by atoms with Gasteiger partial charge in [0.05, 0.1) is 0 Å². The van der Waals surface area contributed by atoms with Gasteiger partial charge in [-0.15, -0.1) is 0 Å². The number of nitrogens with two attached hydrogens (primary N) is 2. The molecule has 0 fully saturated rings. The lowest BCUT2D eigenvalue weighted by Crippen LogP contribution is -2.05. The van der Waals surface area contributed by atoms with Crippen molar-refractivity contribution in [2.24, 2.45) is 5.73 Å². The van der Waals surface area contributed by atoms with E-state index in [2.05, 4.69) is 0 Å². The Kier molecular flexibility index (Phi) is 2.60. The van der Waals surface area contributed by atoms with E-state index in [9.17, 15) is 4.79 Å². The Bertz CT molecular complexity index is 573. The summed E-state index contributed by atoms with van der Waals surface area (Å²) < 4.78 is 0. The summed E-state index contributed by atoms with van der Waals surface area (Å²) in [5.74, 6) is -0.457. The molecule has 3 heteroatoms. The van der Waals surface area contributed by atoms with Crippen molar-refractivity contribution in [1.82, 2.24) is 0 Å². The first-order valence-electron chi connectivity index (χ1n) is 4.93. The van der Waals surface area contributed by atoms with Crippen LogP contribution in [0.5, 0.6) is 0 Å². The Labute approximate surface area is 93.4 Å². The first-order valence-corrected chi connectivity index (χ1v) is 4.93.